The third kappa shape index (κ3) is 7.15. The number of amides is 3. The van der Waals surface area contributed by atoms with Gasteiger partial charge in [-0.2, -0.15) is 12.6 Å². The molecule has 0 spiro atoms. The van der Waals surface area contributed by atoms with Crippen LogP contribution < -0.4 is 16.4 Å². The van der Waals surface area contributed by atoms with Crippen LogP contribution in [0.5, 0.6) is 0 Å². The third-order valence-electron chi connectivity index (χ3n) is 4.69. The van der Waals surface area contributed by atoms with Gasteiger partial charge < -0.3 is 36.6 Å². The van der Waals surface area contributed by atoms with E-state index in [4.69, 9.17) is 15.9 Å². The monoisotopic (exact) mass is 448 g/mol. The minimum absolute atomic E-state index is 0.0728. The molecule has 3 amide bonds. The van der Waals surface area contributed by atoms with Gasteiger partial charge in [0.2, 0.25) is 17.7 Å². The smallest absolute Gasteiger partial charge is 0.328 e. The number of nitrogens with one attached hydrogen (secondary N) is 2. The minimum atomic E-state index is -1.56. The van der Waals surface area contributed by atoms with E-state index in [1.54, 1.807) is 0 Å². The topological polar surface area (TPSA) is 199 Å². The zero-order valence-corrected chi connectivity index (χ0v) is 17.4. The molecular weight excluding hydrogens is 420 g/mol. The summed E-state index contributed by atoms with van der Waals surface area (Å²) < 4.78 is 0. The fourth-order valence-corrected chi connectivity index (χ4v) is 3.28. The first-order valence-corrected chi connectivity index (χ1v) is 10.0. The molecule has 1 saturated heterocycles. The number of hydrogen-bond acceptors (Lipinski definition) is 8. The number of nitrogens with two attached hydrogens (primary N) is 1. The van der Waals surface area contributed by atoms with E-state index in [9.17, 15) is 29.1 Å². The van der Waals surface area contributed by atoms with Gasteiger partial charge in [-0.1, -0.05) is 0 Å². The van der Waals surface area contributed by atoms with Gasteiger partial charge in [-0.15, -0.1) is 0 Å². The SMILES string of the molecule is CC(O)C(NC(=O)C(CS)NC(=O)C1CCCN1C(=O)C(N)CCC(=O)O)C(=O)O. The summed E-state index contributed by atoms with van der Waals surface area (Å²) in [5, 5.41) is 31.8. The van der Waals surface area contributed by atoms with Crippen molar-refractivity contribution in [2.24, 2.45) is 5.73 Å². The van der Waals surface area contributed by atoms with E-state index < -0.39 is 59.9 Å². The Hall–Kier alpha value is -2.38. The number of carboxylic acids is 2. The van der Waals surface area contributed by atoms with E-state index in [0.717, 1.165) is 0 Å². The molecule has 13 heteroatoms. The van der Waals surface area contributed by atoms with Gasteiger partial charge in [0, 0.05) is 18.7 Å². The summed E-state index contributed by atoms with van der Waals surface area (Å²) in [6.07, 6.45) is -0.867. The first-order valence-electron chi connectivity index (χ1n) is 9.39. The van der Waals surface area contributed by atoms with Crippen LogP contribution in [0.25, 0.3) is 0 Å². The Balaban J connectivity index is 2.77. The first-order chi connectivity index (χ1) is 14.0. The molecule has 0 aromatic heterocycles. The Kier molecular flexibility index (Phi) is 10.0. The van der Waals surface area contributed by atoms with Gasteiger partial charge in [0.25, 0.3) is 0 Å². The molecule has 1 fully saturated rings. The van der Waals surface area contributed by atoms with Crippen LogP contribution in [-0.2, 0) is 24.0 Å². The van der Waals surface area contributed by atoms with E-state index in [-0.39, 0.29) is 25.1 Å². The number of rotatable bonds is 11. The van der Waals surface area contributed by atoms with Crippen molar-refractivity contribution in [2.45, 2.75) is 62.9 Å². The highest BCUT2D eigenvalue weighted by Crippen LogP contribution is 2.19. The largest absolute Gasteiger partial charge is 0.481 e. The second kappa shape index (κ2) is 11.7. The molecule has 5 unspecified atom stereocenters. The highest BCUT2D eigenvalue weighted by atomic mass is 32.1. The molecule has 5 atom stereocenters. The summed E-state index contributed by atoms with van der Waals surface area (Å²) in [6.45, 7) is 1.46. The molecule has 30 heavy (non-hydrogen) atoms. The second-order valence-corrected chi connectivity index (χ2v) is 7.40. The lowest BCUT2D eigenvalue weighted by Crippen LogP contribution is -2.58. The Morgan fingerprint density at radius 3 is 2.33 bits per heavy atom. The van der Waals surface area contributed by atoms with Crippen molar-refractivity contribution in [3.63, 3.8) is 0 Å². The fraction of sp³-hybridized carbons (Fsp3) is 0.706. The standard InChI is InChI=1S/C17H28N4O8S/c1-8(22)13(17(28)29)20-14(25)10(7-30)19-15(26)11-3-2-6-21(11)16(27)9(18)4-5-12(23)24/h8-11,13,22,30H,2-7,18H2,1H3,(H,19,26)(H,20,25)(H,23,24)(H,28,29). The zero-order chi connectivity index (χ0) is 23.0. The molecule has 0 aromatic rings. The van der Waals surface area contributed by atoms with Crippen LogP contribution in [0.15, 0.2) is 0 Å². The van der Waals surface area contributed by atoms with Crippen molar-refractivity contribution in [2.75, 3.05) is 12.3 Å². The molecule has 170 valence electrons. The van der Waals surface area contributed by atoms with Gasteiger partial charge in [0.05, 0.1) is 12.1 Å². The molecule has 1 heterocycles. The maximum atomic E-state index is 12.7. The van der Waals surface area contributed by atoms with Gasteiger partial charge in [0.1, 0.15) is 12.1 Å². The zero-order valence-electron chi connectivity index (χ0n) is 16.5. The summed E-state index contributed by atoms with van der Waals surface area (Å²) in [5.74, 6) is -4.72. The number of aliphatic hydroxyl groups excluding tert-OH is 1. The van der Waals surface area contributed by atoms with E-state index in [0.29, 0.717) is 12.8 Å². The van der Waals surface area contributed by atoms with Crippen molar-refractivity contribution in [3.05, 3.63) is 0 Å². The molecule has 12 nitrogen and oxygen atoms in total. The number of carbonyl (C=O) groups excluding carboxylic acids is 3. The lowest BCUT2D eigenvalue weighted by atomic mass is 10.1. The number of aliphatic carboxylic acids is 2. The fourth-order valence-electron chi connectivity index (χ4n) is 3.02. The number of thiol groups is 1. The minimum Gasteiger partial charge on any atom is -0.481 e. The van der Waals surface area contributed by atoms with Crippen LogP contribution in [0.3, 0.4) is 0 Å². The summed E-state index contributed by atoms with van der Waals surface area (Å²) >= 11 is 4.00. The van der Waals surface area contributed by atoms with Crippen molar-refractivity contribution >= 4 is 42.3 Å². The van der Waals surface area contributed by atoms with Gasteiger partial charge in [-0.25, -0.2) is 4.79 Å². The predicted molar refractivity (Wildman–Crippen MR) is 107 cm³/mol. The molecule has 1 rings (SSSR count). The van der Waals surface area contributed by atoms with E-state index in [1.807, 2.05) is 0 Å². The normalized spacial score (nSPS) is 20.0. The molecule has 0 aromatic carbocycles. The maximum Gasteiger partial charge on any atom is 0.328 e. The third-order valence-corrected chi connectivity index (χ3v) is 5.05. The quantitative estimate of drug-likeness (QED) is 0.167. The van der Waals surface area contributed by atoms with E-state index in [1.165, 1.54) is 11.8 Å². The Morgan fingerprint density at radius 1 is 1.20 bits per heavy atom. The van der Waals surface area contributed by atoms with Crippen molar-refractivity contribution in [1.29, 1.82) is 0 Å². The number of aliphatic hydroxyl groups is 1. The summed E-state index contributed by atoms with van der Waals surface area (Å²) in [4.78, 5) is 60.5. The molecule has 0 bridgehead atoms. The maximum absolute atomic E-state index is 12.7. The van der Waals surface area contributed by atoms with Crippen LogP contribution in [0.2, 0.25) is 0 Å². The van der Waals surface area contributed by atoms with Crippen molar-refractivity contribution in [3.8, 4) is 0 Å². The lowest BCUT2D eigenvalue weighted by molar-refractivity contribution is -0.145. The van der Waals surface area contributed by atoms with Crippen LogP contribution in [0.4, 0.5) is 0 Å². The van der Waals surface area contributed by atoms with Crippen molar-refractivity contribution in [1.82, 2.24) is 15.5 Å². The molecular formula is C17H28N4O8S. The van der Waals surface area contributed by atoms with E-state index in [2.05, 4.69) is 23.3 Å². The molecule has 0 aliphatic carbocycles. The summed E-state index contributed by atoms with van der Waals surface area (Å²) in [7, 11) is 0. The lowest BCUT2D eigenvalue weighted by Gasteiger charge is -2.28. The average molecular weight is 448 g/mol. The molecule has 0 saturated carbocycles. The number of carbonyl (C=O) groups is 5. The summed E-state index contributed by atoms with van der Waals surface area (Å²) in [5.41, 5.74) is 5.75. The van der Waals surface area contributed by atoms with Gasteiger partial charge in [-0.05, 0) is 26.2 Å². The first kappa shape index (κ1) is 25.7. The predicted octanol–water partition coefficient (Wildman–Crippen LogP) is -2.47. The van der Waals surface area contributed by atoms with Crippen LogP contribution >= 0.6 is 12.6 Å². The van der Waals surface area contributed by atoms with E-state index >= 15 is 0 Å². The highest BCUT2D eigenvalue weighted by molar-refractivity contribution is 7.80. The number of nitrogens with zero attached hydrogens (tertiary/aromatic N) is 1. The molecule has 7 N–H and O–H groups in total. The van der Waals surface area contributed by atoms with Crippen LogP contribution in [0, 0.1) is 0 Å². The second-order valence-electron chi connectivity index (χ2n) is 7.04. The number of hydrogen-bond donors (Lipinski definition) is 7. The van der Waals surface area contributed by atoms with Crippen LogP contribution in [0.1, 0.15) is 32.6 Å². The molecule has 0 radical (unpaired) electrons. The Morgan fingerprint density at radius 2 is 1.83 bits per heavy atom. The number of likely N-dealkylation sites (tertiary alicyclic amines) is 1. The average Bonchev–Trinajstić information content (AvgIpc) is 3.16. The molecule has 1 aliphatic rings. The van der Waals surface area contributed by atoms with Crippen LogP contribution in [-0.4, -0.2) is 92.4 Å². The Bertz CT molecular complexity index is 674. The molecule has 1 aliphatic heterocycles. The highest BCUT2D eigenvalue weighted by Gasteiger charge is 2.38. The van der Waals surface area contributed by atoms with Gasteiger partial charge in [-0.3, -0.25) is 19.2 Å². The van der Waals surface area contributed by atoms with Gasteiger partial charge >= 0.3 is 11.9 Å². The Labute approximate surface area is 178 Å². The number of carboxylic acid groups (broad SMARTS) is 2. The summed E-state index contributed by atoms with van der Waals surface area (Å²) in [6, 6.07) is -4.72. The van der Waals surface area contributed by atoms with Gasteiger partial charge in [0.15, 0.2) is 6.04 Å². The van der Waals surface area contributed by atoms with Crippen molar-refractivity contribution < 1.29 is 39.3 Å².